The zero-order chi connectivity index (χ0) is 17.6. The van der Waals surface area contributed by atoms with E-state index in [1.54, 1.807) is 30.7 Å². The van der Waals surface area contributed by atoms with Crippen molar-refractivity contribution in [2.75, 3.05) is 10.6 Å². The van der Waals surface area contributed by atoms with Crippen LogP contribution in [-0.2, 0) is 6.54 Å². The fourth-order valence-electron chi connectivity index (χ4n) is 2.29. The molecule has 2 heterocycles. The average molecular weight is 397 g/mol. The van der Waals surface area contributed by atoms with Crippen molar-refractivity contribution in [2.24, 2.45) is 0 Å². The van der Waals surface area contributed by atoms with Gasteiger partial charge in [0.25, 0.3) is 5.91 Å². The minimum atomic E-state index is -0.170. The molecule has 0 fully saturated rings. The van der Waals surface area contributed by atoms with Crippen LogP contribution in [0.15, 0.2) is 65.5 Å². The number of aromatic nitrogens is 2. The van der Waals surface area contributed by atoms with Gasteiger partial charge in [-0.05, 0) is 60.5 Å². The van der Waals surface area contributed by atoms with Crippen LogP contribution in [0.4, 0.5) is 11.5 Å². The first-order valence-corrected chi connectivity index (χ1v) is 8.57. The van der Waals surface area contributed by atoms with Crippen LogP contribution in [-0.4, -0.2) is 15.9 Å². The van der Waals surface area contributed by atoms with Crippen molar-refractivity contribution >= 4 is 33.3 Å². The molecular formula is C19H17BrN4O. The average Bonchev–Trinajstić information content (AvgIpc) is 2.64. The van der Waals surface area contributed by atoms with E-state index in [1.807, 2.05) is 37.3 Å². The molecule has 0 spiro atoms. The molecule has 0 aliphatic heterocycles. The third-order valence-corrected chi connectivity index (χ3v) is 4.55. The molecule has 0 radical (unpaired) electrons. The highest BCUT2D eigenvalue weighted by Crippen LogP contribution is 2.20. The lowest BCUT2D eigenvalue weighted by molar-refractivity contribution is 0.102. The second kappa shape index (κ2) is 7.90. The summed E-state index contributed by atoms with van der Waals surface area (Å²) < 4.78 is 1.01. The Morgan fingerprint density at radius 3 is 2.64 bits per heavy atom. The van der Waals surface area contributed by atoms with E-state index in [-0.39, 0.29) is 5.91 Å². The van der Waals surface area contributed by atoms with E-state index < -0.39 is 0 Å². The fourth-order valence-corrected chi connectivity index (χ4v) is 2.53. The smallest absolute Gasteiger partial charge is 0.255 e. The van der Waals surface area contributed by atoms with Crippen molar-refractivity contribution < 1.29 is 4.79 Å². The van der Waals surface area contributed by atoms with Crippen LogP contribution in [0, 0.1) is 6.92 Å². The maximum absolute atomic E-state index is 12.5. The van der Waals surface area contributed by atoms with Crippen LogP contribution in [0.1, 0.15) is 21.5 Å². The van der Waals surface area contributed by atoms with E-state index in [9.17, 15) is 4.79 Å². The van der Waals surface area contributed by atoms with E-state index in [1.165, 1.54) is 0 Å². The third-order valence-electron chi connectivity index (χ3n) is 3.66. The number of anilines is 2. The largest absolute Gasteiger partial charge is 0.366 e. The van der Waals surface area contributed by atoms with Gasteiger partial charge < -0.3 is 10.6 Å². The predicted octanol–water partition coefficient (Wildman–Crippen LogP) is 4.41. The molecule has 0 saturated carbocycles. The Bertz CT molecular complexity index is 884. The number of pyridine rings is 2. The number of benzene rings is 1. The second-order valence-electron chi connectivity index (χ2n) is 5.56. The molecule has 0 atom stereocenters. The van der Waals surface area contributed by atoms with E-state index >= 15 is 0 Å². The number of carbonyl (C=O) groups excluding carboxylic acids is 1. The summed E-state index contributed by atoms with van der Waals surface area (Å²) in [6.07, 6.45) is 5.11. The topological polar surface area (TPSA) is 66.9 Å². The van der Waals surface area contributed by atoms with Crippen molar-refractivity contribution in [3.8, 4) is 0 Å². The van der Waals surface area contributed by atoms with E-state index in [0.29, 0.717) is 17.9 Å². The molecule has 126 valence electrons. The Kier molecular flexibility index (Phi) is 5.40. The number of halogens is 1. The van der Waals surface area contributed by atoms with Gasteiger partial charge in [0.05, 0.1) is 0 Å². The van der Waals surface area contributed by atoms with Crippen molar-refractivity contribution in [3.63, 3.8) is 0 Å². The Morgan fingerprint density at radius 2 is 1.88 bits per heavy atom. The molecule has 5 nitrogen and oxygen atoms in total. The van der Waals surface area contributed by atoms with E-state index in [2.05, 4.69) is 36.5 Å². The molecule has 3 rings (SSSR count). The fraction of sp³-hybridized carbons (Fsp3) is 0.105. The van der Waals surface area contributed by atoms with Crippen LogP contribution < -0.4 is 10.6 Å². The summed E-state index contributed by atoms with van der Waals surface area (Å²) in [7, 11) is 0. The molecule has 25 heavy (non-hydrogen) atoms. The number of rotatable bonds is 5. The molecule has 2 N–H and O–H groups in total. The summed E-state index contributed by atoms with van der Waals surface area (Å²) in [5, 5.41) is 6.12. The molecule has 0 saturated heterocycles. The van der Waals surface area contributed by atoms with Gasteiger partial charge in [0.1, 0.15) is 5.82 Å². The highest BCUT2D eigenvalue weighted by molar-refractivity contribution is 9.10. The SMILES string of the molecule is Cc1cc(NC(=O)c2ccnc(NCc3ccncc3)c2)ccc1Br. The lowest BCUT2D eigenvalue weighted by Gasteiger charge is -2.09. The zero-order valence-corrected chi connectivity index (χ0v) is 15.2. The Labute approximate surface area is 154 Å². The van der Waals surface area contributed by atoms with Crippen molar-refractivity contribution in [3.05, 3.63) is 82.2 Å². The van der Waals surface area contributed by atoms with Crippen LogP contribution >= 0.6 is 15.9 Å². The highest BCUT2D eigenvalue weighted by Gasteiger charge is 2.08. The number of hydrogen-bond acceptors (Lipinski definition) is 4. The maximum Gasteiger partial charge on any atom is 0.255 e. The van der Waals surface area contributed by atoms with E-state index in [0.717, 1.165) is 21.3 Å². The molecule has 1 aromatic carbocycles. The first-order valence-electron chi connectivity index (χ1n) is 7.78. The van der Waals surface area contributed by atoms with E-state index in [4.69, 9.17) is 0 Å². The van der Waals surface area contributed by atoms with Gasteiger partial charge in [-0.3, -0.25) is 9.78 Å². The van der Waals surface area contributed by atoms with Crippen LogP contribution in [0.3, 0.4) is 0 Å². The van der Waals surface area contributed by atoms with Crippen molar-refractivity contribution in [1.29, 1.82) is 0 Å². The van der Waals surface area contributed by atoms with Crippen molar-refractivity contribution in [2.45, 2.75) is 13.5 Å². The molecule has 6 heteroatoms. The summed E-state index contributed by atoms with van der Waals surface area (Å²) in [5.41, 5.74) is 3.46. The predicted molar refractivity (Wildman–Crippen MR) is 103 cm³/mol. The summed E-state index contributed by atoms with van der Waals surface area (Å²) in [6.45, 7) is 2.60. The Hall–Kier alpha value is -2.73. The van der Waals surface area contributed by atoms with Crippen LogP contribution in [0.5, 0.6) is 0 Å². The highest BCUT2D eigenvalue weighted by atomic mass is 79.9. The van der Waals surface area contributed by atoms with Gasteiger partial charge in [-0.1, -0.05) is 15.9 Å². The monoisotopic (exact) mass is 396 g/mol. The molecule has 0 bridgehead atoms. The minimum Gasteiger partial charge on any atom is -0.366 e. The van der Waals surface area contributed by atoms with Crippen LogP contribution in [0.25, 0.3) is 0 Å². The van der Waals surface area contributed by atoms with Gasteiger partial charge in [-0.2, -0.15) is 0 Å². The van der Waals surface area contributed by atoms with Gasteiger partial charge in [0, 0.05) is 40.9 Å². The molecule has 3 aromatic rings. The number of carbonyl (C=O) groups is 1. The van der Waals surface area contributed by atoms with Gasteiger partial charge in [0.15, 0.2) is 0 Å². The molecule has 0 aliphatic rings. The second-order valence-corrected chi connectivity index (χ2v) is 6.41. The molecule has 1 amide bonds. The number of hydrogen-bond donors (Lipinski definition) is 2. The standard InChI is InChI=1S/C19H17BrN4O/c1-13-10-16(2-3-17(13)20)24-19(25)15-6-9-22-18(11-15)23-12-14-4-7-21-8-5-14/h2-11H,12H2,1H3,(H,22,23)(H,24,25). The maximum atomic E-state index is 12.5. The molecule has 0 aliphatic carbocycles. The summed E-state index contributed by atoms with van der Waals surface area (Å²) in [5.74, 6) is 0.479. The lowest BCUT2D eigenvalue weighted by atomic mass is 10.2. The number of nitrogens with zero attached hydrogens (tertiary/aromatic N) is 2. The quantitative estimate of drug-likeness (QED) is 0.669. The lowest BCUT2D eigenvalue weighted by Crippen LogP contribution is -2.13. The van der Waals surface area contributed by atoms with Gasteiger partial charge in [0.2, 0.25) is 0 Å². The normalized spacial score (nSPS) is 10.3. The summed E-state index contributed by atoms with van der Waals surface area (Å²) in [6, 6.07) is 13.0. The Morgan fingerprint density at radius 1 is 1.08 bits per heavy atom. The third kappa shape index (κ3) is 4.64. The summed E-state index contributed by atoms with van der Waals surface area (Å²) in [4.78, 5) is 20.7. The first kappa shape index (κ1) is 17.1. The van der Waals surface area contributed by atoms with Gasteiger partial charge >= 0.3 is 0 Å². The first-order chi connectivity index (χ1) is 12.1. The zero-order valence-electron chi connectivity index (χ0n) is 13.7. The summed E-state index contributed by atoms with van der Waals surface area (Å²) >= 11 is 3.45. The molecular weight excluding hydrogens is 380 g/mol. The Balaban J connectivity index is 1.67. The molecule has 2 aromatic heterocycles. The number of aryl methyl sites for hydroxylation is 1. The number of nitrogens with one attached hydrogen (secondary N) is 2. The van der Waals surface area contributed by atoms with Gasteiger partial charge in [-0.15, -0.1) is 0 Å². The van der Waals surface area contributed by atoms with Crippen molar-refractivity contribution in [1.82, 2.24) is 9.97 Å². The molecule has 0 unspecified atom stereocenters. The van der Waals surface area contributed by atoms with Crippen LogP contribution in [0.2, 0.25) is 0 Å². The number of amides is 1. The van der Waals surface area contributed by atoms with Gasteiger partial charge in [-0.25, -0.2) is 4.98 Å². The minimum absolute atomic E-state index is 0.170.